The summed E-state index contributed by atoms with van der Waals surface area (Å²) >= 11 is 12.7. The molecule has 7 nitrogen and oxygen atoms in total. The van der Waals surface area contributed by atoms with E-state index in [2.05, 4.69) is 5.32 Å². The highest BCUT2D eigenvalue weighted by molar-refractivity contribution is 7.92. The number of hydrogen-bond donors (Lipinski definition) is 1. The predicted octanol–water partition coefficient (Wildman–Crippen LogP) is 6.22. The molecule has 214 valence electrons. The van der Waals surface area contributed by atoms with Crippen LogP contribution in [0.3, 0.4) is 0 Å². The zero-order valence-electron chi connectivity index (χ0n) is 23.3. The van der Waals surface area contributed by atoms with Gasteiger partial charge in [-0.2, -0.15) is 0 Å². The normalized spacial score (nSPS) is 12.5. The van der Waals surface area contributed by atoms with Crippen LogP contribution in [-0.4, -0.2) is 43.3 Å². The van der Waals surface area contributed by atoms with E-state index in [1.54, 1.807) is 68.4 Å². The van der Waals surface area contributed by atoms with Crippen molar-refractivity contribution >= 4 is 50.7 Å². The molecular weight excluding hydrogens is 569 g/mol. The number of nitrogens with zero attached hydrogens (tertiary/aromatic N) is 2. The van der Waals surface area contributed by atoms with Crippen LogP contribution in [0.2, 0.25) is 10.0 Å². The minimum atomic E-state index is -4.18. The predicted molar refractivity (Wildman–Crippen MR) is 161 cm³/mol. The van der Waals surface area contributed by atoms with Crippen LogP contribution >= 0.6 is 23.2 Å². The molecule has 0 saturated carbocycles. The van der Waals surface area contributed by atoms with E-state index in [9.17, 15) is 18.0 Å². The van der Waals surface area contributed by atoms with Crippen molar-refractivity contribution in [3.63, 3.8) is 0 Å². The quantitative estimate of drug-likeness (QED) is 0.298. The first-order chi connectivity index (χ1) is 18.7. The first-order valence-corrected chi connectivity index (χ1v) is 15.1. The van der Waals surface area contributed by atoms with E-state index in [0.29, 0.717) is 27.6 Å². The van der Waals surface area contributed by atoms with E-state index < -0.39 is 34.1 Å². The van der Waals surface area contributed by atoms with Crippen LogP contribution in [-0.2, 0) is 26.2 Å². The molecule has 0 heterocycles. The Hall–Kier alpha value is -3.07. The number of anilines is 1. The Morgan fingerprint density at radius 2 is 1.57 bits per heavy atom. The van der Waals surface area contributed by atoms with Crippen LogP contribution in [0, 0.1) is 6.92 Å². The molecule has 0 unspecified atom stereocenters. The average Bonchev–Trinajstić information content (AvgIpc) is 2.89. The Balaban J connectivity index is 2.12. The lowest BCUT2D eigenvalue weighted by Gasteiger charge is -2.35. The third-order valence-electron chi connectivity index (χ3n) is 6.23. The summed E-state index contributed by atoms with van der Waals surface area (Å²) < 4.78 is 28.9. The number of hydrogen-bond acceptors (Lipinski definition) is 4. The number of carbonyl (C=O) groups excluding carboxylic acids is 2. The van der Waals surface area contributed by atoms with Crippen molar-refractivity contribution in [3.8, 4) is 0 Å². The Kier molecular flexibility index (Phi) is 10.3. The van der Waals surface area contributed by atoms with Gasteiger partial charge in [0.25, 0.3) is 10.0 Å². The van der Waals surface area contributed by atoms with Gasteiger partial charge in [0.05, 0.1) is 10.6 Å². The summed E-state index contributed by atoms with van der Waals surface area (Å²) in [6.45, 7) is 8.58. The smallest absolute Gasteiger partial charge is 0.264 e. The zero-order chi connectivity index (χ0) is 29.7. The molecule has 1 atom stereocenters. The first-order valence-electron chi connectivity index (χ1n) is 12.9. The van der Waals surface area contributed by atoms with Crippen molar-refractivity contribution in [2.24, 2.45) is 0 Å². The van der Waals surface area contributed by atoms with Crippen molar-refractivity contribution in [1.29, 1.82) is 0 Å². The summed E-state index contributed by atoms with van der Waals surface area (Å²) in [6.07, 6.45) is 0.305. The molecule has 3 aromatic carbocycles. The van der Waals surface area contributed by atoms with Gasteiger partial charge in [-0.3, -0.25) is 13.9 Å². The van der Waals surface area contributed by atoms with Gasteiger partial charge in [-0.1, -0.05) is 72.6 Å². The van der Waals surface area contributed by atoms with E-state index in [-0.39, 0.29) is 23.0 Å². The molecule has 0 bridgehead atoms. The van der Waals surface area contributed by atoms with Gasteiger partial charge in [-0.05, 0) is 75.6 Å². The number of carbonyl (C=O) groups is 2. The summed E-state index contributed by atoms with van der Waals surface area (Å²) in [5.74, 6) is -0.901. The molecule has 2 amide bonds. The number of amides is 2. The van der Waals surface area contributed by atoms with Gasteiger partial charge < -0.3 is 10.2 Å². The summed E-state index contributed by atoms with van der Waals surface area (Å²) in [6, 6.07) is 18.9. The van der Waals surface area contributed by atoms with Crippen molar-refractivity contribution < 1.29 is 18.0 Å². The van der Waals surface area contributed by atoms with Gasteiger partial charge in [0.2, 0.25) is 11.8 Å². The zero-order valence-corrected chi connectivity index (χ0v) is 25.6. The standard InChI is InChI=1S/C30H35Cl2N3O4S/c1-6-26(29(37)33-30(3,4)5)34(19-22-12-10-11-15-25(22)32)28(36)20-35(27-18-23(31)17-16-21(27)2)40(38,39)24-13-8-7-9-14-24/h7-18,26H,6,19-20H2,1-5H3,(H,33,37)/t26-/m0/s1. The first kappa shape index (κ1) is 31.5. The Morgan fingerprint density at radius 1 is 0.950 bits per heavy atom. The molecule has 1 N–H and O–H groups in total. The van der Waals surface area contributed by atoms with Crippen molar-refractivity contribution in [3.05, 3.63) is 94.0 Å². The molecule has 0 radical (unpaired) electrons. The molecule has 0 fully saturated rings. The molecule has 0 saturated heterocycles. The van der Waals surface area contributed by atoms with Crippen LogP contribution in [0.15, 0.2) is 77.7 Å². The van der Waals surface area contributed by atoms with Crippen LogP contribution in [0.1, 0.15) is 45.2 Å². The topological polar surface area (TPSA) is 86.8 Å². The molecular formula is C30H35Cl2N3O4S. The number of benzene rings is 3. The second-order valence-corrected chi connectivity index (χ2v) is 13.2. The molecule has 0 aliphatic rings. The highest BCUT2D eigenvalue weighted by Crippen LogP contribution is 2.30. The largest absolute Gasteiger partial charge is 0.350 e. The van der Waals surface area contributed by atoms with Crippen LogP contribution in [0.25, 0.3) is 0 Å². The molecule has 3 rings (SSSR count). The maximum atomic E-state index is 14.2. The van der Waals surface area contributed by atoms with Gasteiger partial charge in [-0.15, -0.1) is 0 Å². The van der Waals surface area contributed by atoms with Gasteiger partial charge in [0, 0.05) is 22.1 Å². The Morgan fingerprint density at radius 3 is 2.17 bits per heavy atom. The summed E-state index contributed by atoms with van der Waals surface area (Å²) in [7, 11) is -4.18. The lowest BCUT2D eigenvalue weighted by atomic mass is 10.1. The monoisotopic (exact) mass is 603 g/mol. The Bertz CT molecular complexity index is 1460. The fourth-order valence-corrected chi connectivity index (χ4v) is 6.12. The minimum Gasteiger partial charge on any atom is -0.350 e. The lowest BCUT2D eigenvalue weighted by Crippen LogP contribution is -2.55. The second-order valence-electron chi connectivity index (χ2n) is 10.5. The van der Waals surface area contributed by atoms with Crippen molar-refractivity contribution in [2.75, 3.05) is 10.8 Å². The molecule has 3 aromatic rings. The molecule has 0 aliphatic carbocycles. The van der Waals surface area contributed by atoms with Crippen LogP contribution < -0.4 is 9.62 Å². The van der Waals surface area contributed by atoms with E-state index in [1.165, 1.54) is 23.1 Å². The lowest BCUT2D eigenvalue weighted by molar-refractivity contribution is -0.141. The number of sulfonamides is 1. The highest BCUT2D eigenvalue weighted by atomic mass is 35.5. The van der Waals surface area contributed by atoms with Crippen molar-refractivity contribution in [2.45, 2.75) is 64.1 Å². The second kappa shape index (κ2) is 13.1. The van der Waals surface area contributed by atoms with E-state index in [0.717, 1.165) is 4.31 Å². The van der Waals surface area contributed by atoms with Gasteiger partial charge in [-0.25, -0.2) is 8.42 Å². The third-order valence-corrected chi connectivity index (χ3v) is 8.61. The third kappa shape index (κ3) is 7.77. The molecule has 10 heteroatoms. The van der Waals surface area contributed by atoms with Gasteiger partial charge in [0.15, 0.2) is 0 Å². The highest BCUT2D eigenvalue weighted by Gasteiger charge is 2.35. The maximum Gasteiger partial charge on any atom is 0.264 e. The number of rotatable bonds is 10. The minimum absolute atomic E-state index is 0.0162. The van der Waals surface area contributed by atoms with Crippen LogP contribution in [0.4, 0.5) is 5.69 Å². The summed E-state index contributed by atoms with van der Waals surface area (Å²) in [4.78, 5) is 29.0. The average molecular weight is 605 g/mol. The molecule has 0 aromatic heterocycles. The summed E-state index contributed by atoms with van der Waals surface area (Å²) in [5, 5.41) is 3.71. The molecule has 0 aliphatic heterocycles. The number of aryl methyl sites for hydroxylation is 1. The van der Waals surface area contributed by atoms with Gasteiger partial charge >= 0.3 is 0 Å². The van der Waals surface area contributed by atoms with E-state index in [1.807, 2.05) is 20.8 Å². The van der Waals surface area contributed by atoms with Gasteiger partial charge in [0.1, 0.15) is 12.6 Å². The molecule has 0 spiro atoms. The van der Waals surface area contributed by atoms with Crippen molar-refractivity contribution in [1.82, 2.24) is 10.2 Å². The molecule has 40 heavy (non-hydrogen) atoms. The maximum absolute atomic E-state index is 14.2. The summed E-state index contributed by atoms with van der Waals surface area (Å²) in [5.41, 5.74) is 0.988. The van der Waals surface area contributed by atoms with E-state index >= 15 is 0 Å². The number of halogens is 2. The SMILES string of the molecule is CC[C@@H](C(=O)NC(C)(C)C)N(Cc1ccccc1Cl)C(=O)CN(c1cc(Cl)ccc1C)S(=O)(=O)c1ccccc1. The number of nitrogens with one attached hydrogen (secondary N) is 1. The Labute approximate surface area is 247 Å². The fraction of sp³-hybridized carbons (Fsp3) is 0.333. The van der Waals surface area contributed by atoms with E-state index in [4.69, 9.17) is 23.2 Å². The fourth-order valence-electron chi connectivity index (χ4n) is 4.27. The van der Waals surface area contributed by atoms with Crippen LogP contribution in [0.5, 0.6) is 0 Å².